The molecule has 0 aliphatic carbocycles. The molecule has 1 aliphatic heterocycles. The summed E-state index contributed by atoms with van der Waals surface area (Å²) in [6.07, 6.45) is 3.33. The highest BCUT2D eigenvalue weighted by Crippen LogP contribution is 2.37. The van der Waals surface area contributed by atoms with E-state index in [9.17, 15) is 9.59 Å². The van der Waals surface area contributed by atoms with Gasteiger partial charge in [-0.05, 0) is 31.6 Å². The Morgan fingerprint density at radius 1 is 1.58 bits per heavy atom. The SMILES string of the molecule is CC1(CNC(=O)c2ccoc2CC(=O)O)CCCS1. The minimum atomic E-state index is -1.01. The molecule has 0 saturated carbocycles. The molecule has 1 aromatic heterocycles. The van der Waals surface area contributed by atoms with Crippen molar-refractivity contribution in [2.45, 2.75) is 30.9 Å². The van der Waals surface area contributed by atoms with E-state index < -0.39 is 5.97 Å². The first-order valence-corrected chi connectivity index (χ1v) is 7.19. The van der Waals surface area contributed by atoms with Gasteiger partial charge >= 0.3 is 5.97 Å². The van der Waals surface area contributed by atoms with Crippen molar-refractivity contribution in [3.63, 3.8) is 0 Å². The minimum absolute atomic E-state index is 0.0896. The van der Waals surface area contributed by atoms with E-state index >= 15 is 0 Å². The lowest BCUT2D eigenvalue weighted by molar-refractivity contribution is -0.136. The van der Waals surface area contributed by atoms with Gasteiger partial charge in [0.25, 0.3) is 5.91 Å². The van der Waals surface area contributed by atoms with E-state index in [1.807, 2.05) is 11.8 Å². The molecule has 5 nitrogen and oxygen atoms in total. The standard InChI is InChI=1S/C13H17NO4S/c1-13(4-2-6-19-13)8-14-12(17)9-3-5-18-10(9)7-11(15)16/h3,5H,2,4,6-8H2,1H3,(H,14,17)(H,15,16). The number of rotatable bonds is 5. The van der Waals surface area contributed by atoms with E-state index in [-0.39, 0.29) is 22.8 Å². The largest absolute Gasteiger partial charge is 0.481 e. The summed E-state index contributed by atoms with van der Waals surface area (Å²) in [6.45, 7) is 2.73. The molecule has 1 fully saturated rings. The first kappa shape index (κ1) is 14.0. The molecule has 2 rings (SSSR count). The summed E-state index contributed by atoms with van der Waals surface area (Å²) in [6, 6.07) is 1.51. The van der Waals surface area contributed by atoms with E-state index in [0.717, 1.165) is 12.2 Å². The maximum atomic E-state index is 12.0. The van der Waals surface area contributed by atoms with E-state index in [0.29, 0.717) is 12.1 Å². The Kier molecular flexibility index (Phi) is 4.19. The maximum Gasteiger partial charge on any atom is 0.311 e. The molecule has 0 radical (unpaired) electrons. The fourth-order valence-corrected chi connectivity index (χ4v) is 3.40. The number of carboxylic acids is 1. The van der Waals surface area contributed by atoms with Gasteiger partial charge in [0.1, 0.15) is 12.2 Å². The van der Waals surface area contributed by atoms with Crippen LogP contribution in [0.15, 0.2) is 16.7 Å². The zero-order chi connectivity index (χ0) is 13.9. The van der Waals surface area contributed by atoms with Crippen LogP contribution in [0, 0.1) is 0 Å². The fourth-order valence-electron chi connectivity index (χ4n) is 2.16. The lowest BCUT2D eigenvalue weighted by Crippen LogP contribution is -2.37. The first-order chi connectivity index (χ1) is 9.00. The molecule has 0 aromatic carbocycles. The molecule has 2 N–H and O–H groups in total. The first-order valence-electron chi connectivity index (χ1n) is 6.20. The van der Waals surface area contributed by atoms with Gasteiger partial charge in [0.15, 0.2) is 0 Å². The van der Waals surface area contributed by atoms with Gasteiger partial charge in [-0.3, -0.25) is 9.59 Å². The van der Waals surface area contributed by atoms with Crippen LogP contribution in [0.4, 0.5) is 0 Å². The summed E-state index contributed by atoms with van der Waals surface area (Å²) in [4.78, 5) is 22.7. The number of amides is 1. The van der Waals surface area contributed by atoms with Gasteiger partial charge in [-0.25, -0.2) is 0 Å². The van der Waals surface area contributed by atoms with Crippen molar-refractivity contribution in [1.82, 2.24) is 5.32 Å². The van der Waals surface area contributed by atoms with Gasteiger partial charge < -0.3 is 14.8 Å². The number of carbonyl (C=O) groups excluding carboxylic acids is 1. The zero-order valence-electron chi connectivity index (χ0n) is 10.8. The molecule has 104 valence electrons. The Morgan fingerprint density at radius 2 is 2.37 bits per heavy atom. The summed E-state index contributed by atoms with van der Waals surface area (Å²) < 4.78 is 5.14. The number of aliphatic carboxylic acids is 1. The second-order valence-electron chi connectivity index (χ2n) is 4.91. The third-order valence-electron chi connectivity index (χ3n) is 3.23. The molecule has 1 unspecified atom stereocenters. The molecule has 0 spiro atoms. The smallest absolute Gasteiger partial charge is 0.311 e. The number of nitrogens with one attached hydrogen (secondary N) is 1. The van der Waals surface area contributed by atoms with Crippen molar-refractivity contribution in [1.29, 1.82) is 0 Å². The summed E-state index contributed by atoms with van der Waals surface area (Å²) in [5, 5.41) is 11.6. The highest BCUT2D eigenvalue weighted by molar-refractivity contribution is 8.00. The quantitative estimate of drug-likeness (QED) is 0.863. The van der Waals surface area contributed by atoms with Crippen molar-refractivity contribution in [3.05, 3.63) is 23.7 Å². The van der Waals surface area contributed by atoms with Crippen LogP contribution in [0.3, 0.4) is 0 Å². The van der Waals surface area contributed by atoms with E-state index in [4.69, 9.17) is 9.52 Å². The molecule has 1 aromatic rings. The normalized spacial score (nSPS) is 22.4. The third-order valence-corrected chi connectivity index (χ3v) is 4.76. The van der Waals surface area contributed by atoms with E-state index in [1.54, 1.807) is 0 Å². The monoisotopic (exact) mass is 283 g/mol. The summed E-state index contributed by atoms with van der Waals surface area (Å²) >= 11 is 1.87. The predicted molar refractivity (Wildman–Crippen MR) is 72.5 cm³/mol. The van der Waals surface area contributed by atoms with Gasteiger partial charge in [0.05, 0.1) is 11.8 Å². The van der Waals surface area contributed by atoms with Crippen LogP contribution in [0.25, 0.3) is 0 Å². The summed E-state index contributed by atoms with van der Waals surface area (Å²) in [5.41, 5.74) is 0.314. The van der Waals surface area contributed by atoms with Crippen molar-refractivity contribution < 1.29 is 19.1 Å². The second-order valence-corrected chi connectivity index (χ2v) is 6.60. The lowest BCUT2D eigenvalue weighted by Gasteiger charge is -2.22. The molecular formula is C13H17NO4S. The fraction of sp³-hybridized carbons (Fsp3) is 0.538. The number of hydrogen-bond acceptors (Lipinski definition) is 4. The van der Waals surface area contributed by atoms with Crippen molar-refractivity contribution >= 4 is 23.6 Å². The van der Waals surface area contributed by atoms with E-state index in [1.165, 1.54) is 18.8 Å². The molecule has 1 amide bonds. The topological polar surface area (TPSA) is 79.5 Å². The van der Waals surface area contributed by atoms with Crippen LogP contribution in [0.1, 0.15) is 35.9 Å². The number of carbonyl (C=O) groups is 2. The van der Waals surface area contributed by atoms with Crippen molar-refractivity contribution in [2.24, 2.45) is 0 Å². The van der Waals surface area contributed by atoms with Crippen LogP contribution < -0.4 is 5.32 Å². The molecule has 0 bridgehead atoms. The molecule has 1 atom stereocenters. The van der Waals surface area contributed by atoms with Crippen LogP contribution in [-0.2, 0) is 11.2 Å². The average molecular weight is 283 g/mol. The second kappa shape index (κ2) is 5.69. The summed E-state index contributed by atoms with van der Waals surface area (Å²) in [7, 11) is 0. The highest BCUT2D eigenvalue weighted by Gasteiger charge is 2.30. The molecule has 19 heavy (non-hydrogen) atoms. The number of carboxylic acid groups (broad SMARTS) is 1. The van der Waals surface area contributed by atoms with Crippen molar-refractivity contribution in [3.8, 4) is 0 Å². The van der Waals surface area contributed by atoms with Gasteiger partial charge in [0.2, 0.25) is 0 Å². The molecular weight excluding hydrogens is 266 g/mol. The lowest BCUT2D eigenvalue weighted by atomic mass is 10.1. The van der Waals surface area contributed by atoms with Gasteiger partial charge in [-0.1, -0.05) is 0 Å². The van der Waals surface area contributed by atoms with Gasteiger partial charge in [0, 0.05) is 11.3 Å². The highest BCUT2D eigenvalue weighted by atomic mass is 32.2. The Balaban J connectivity index is 1.96. The molecule has 1 saturated heterocycles. The van der Waals surface area contributed by atoms with Crippen LogP contribution in [-0.4, -0.2) is 34.0 Å². The Bertz CT molecular complexity index is 477. The molecule has 1 aliphatic rings. The van der Waals surface area contributed by atoms with Crippen LogP contribution in [0.5, 0.6) is 0 Å². The predicted octanol–water partition coefficient (Wildman–Crippen LogP) is 1.92. The Morgan fingerprint density at radius 3 is 3.00 bits per heavy atom. The Hall–Kier alpha value is -1.43. The van der Waals surface area contributed by atoms with Crippen molar-refractivity contribution in [2.75, 3.05) is 12.3 Å². The maximum absolute atomic E-state index is 12.0. The minimum Gasteiger partial charge on any atom is -0.481 e. The van der Waals surface area contributed by atoms with Gasteiger partial charge in [-0.15, -0.1) is 0 Å². The van der Waals surface area contributed by atoms with E-state index in [2.05, 4.69) is 12.2 Å². The number of hydrogen-bond donors (Lipinski definition) is 2. The van der Waals surface area contributed by atoms with Crippen LogP contribution in [0.2, 0.25) is 0 Å². The zero-order valence-corrected chi connectivity index (χ0v) is 11.6. The Labute approximate surface area is 115 Å². The third kappa shape index (κ3) is 3.53. The number of thioether (sulfide) groups is 1. The molecule has 2 heterocycles. The van der Waals surface area contributed by atoms with Gasteiger partial charge in [-0.2, -0.15) is 11.8 Å². The molecule has 6 heteroatoms. The average Bonchev–Trinajstić information content (AvgIpc) is 2.95. The van der Waals surface area contributed by atoms with Crippen LogP contribution >= 0.6 is 11.8 Å². The number of furan rings is 1. The summed E-state index contributed by atoms with van der Waals surface area (Å²) in [5.74, 6) is 0.0535.